The molecule has 1 aromatic rings. The van der Waals surface area contributed by atoms with Crippen LogP contribution in [0.15, 0.2) is 12.3 Å². The number of anilines is 1. The lowest BCUT2D eigenvalue weighted by molar-refractivity contribution is -0.151. The summed E-state index contributed by atoms with van der Waals surface area (Å²) in [6.07, 6.45) is 2.14. The lowest BCUT2D eigenvalue weighted by Crippen LogP contribution is -2.56. The predicted octanol–water partition coefficient (Wildman–Crippen LogP) is 1.60. The van der Waals surface area contributed by atoms with E-state index in [2.05, 4.69) is 4.98 Å². The van der Waals surface area contributed by atoms with Crippen LogP contribution in [0.25, 0.3) is 0 Å². The number of ether oxygens (including phenoxy) is 2. The second kappa shape index (κ2) is 6.65. The minimum Gasteiger partial charge on any atom is -0.481 e. The zero-order valence-corrected chi connectivity index (χ0v) is 13.5. The molecule has 0 saturated heterocycles. The number of carbonyl (C=O) groups excluding carboxylic acids is 2. The molecule has 1 aliphatic heterocycles. The fraction of sp³-hybridized carbons (Fsp3) is 0.500. The van der Waals surface area contributed by atoms with Crippen molar-refractivity contribution in [3.05, 3.63) is 17.8 Å². The number of pyridine rings is 1. The van der Waals surface area contributed by atoms with Crippen LogP contribution >= 0.6 is 0 Å². The van der Waals surface area contributed by atoms with Crippen molar-refractivity contribution in [1.82, 2.24) is 4.98 Å². The predicted molar refractivity (Wildman–Crippen MR) is 81.9 cm³/mol. The number of hydrogen-bond acceptors (Lipinski definition) is 6. The fourth-order valence-corrected chi connectivity index (χ4v) is 3.01. The van der Waals surface area contributed by atoms with Crippen molar-refractivity contribution in [1.29, 1.82) is 5.26 Å². The zero-order chi connectivity index (χ0) is 17.0. The first-order valence-electron chi connectivity index (χ1n) is 7.38. The molecule has 2 heterocycles. The number of nitriles is 1. The minimum absolute atomic E-state index is 0.140. The molecule has 23 heavy (non-hydrogen) atoms. The number of fused-ring (bicyclic) bond motifs is 1. The molecule has 122 valence electrons. The molecule has 1 aromatic heterocycles. The molecule has 1 atom stereocenters. The molecule has 0 fully saturated rings. The van der Waals surface area contributed by atoms with Crippen molar-refractivity contribution < 1.29 is 19.1 Å². The zero-order valence-electron chi connectivity index (χ0n) is 13.5. The SMILES string of the molecule is CCOC(=O)C1(CCC#N)Cc2cc(OC)ncc2N1C(C)=O. The van der Waals surface area contributed by atoms with E-state index in [0.717, 1.165) is 5.56 Å². The molecule has 7 nitrogen and oxygen atoms in total. The molecule has 0 N–H and O–H groups in total. The van der Waals surface area contributed by atoms with Gasteiger partial charge in [0.15, 0.2) is 5.54 Å². The topological polar surface area (TPSA) is 92.5 Å². The maximum absolute atomic E-state index is 12.6. The third kappa shape index (κ3) is 2.84. The molecule has 2 rings (SSSR count). The summed E-state index contributed by atoms with van der Waals surface area (Å²) in [5, 5.41) is 8.94. The Balaban J connectivity index is 2.55. The standard InChI is InChI=1S/C16H19N3O4/c1-4-23-15(21)16(6-5-7-17)9-12-8-14(22-3)18-10-13(12)19(16)11(2)20/h8,10H,4-6,9H2,1-3H3. The van der Waals surface area contributed by atoms with E-state index in [4.69, 9.17) is 14.7 Å². The van der Waals surface area contributed by atoms with Gasteiger partial charge in [-0.3, -0.25) is 9.69 Å². The van der Waals surface area contributed by atoms with Crippen molar-refractivity contribution >= 4 is 17.6 Å². The van der Waals surface area contributed by atoms with Gasteiger partial charge in [0.25, 0.3) is 0 Å². The molecule has 1 amide bonds. The summed E-state index contributed by atoms with van der Waals surface area (Å²) in [5.41, 5.74) is 0.135. The van der Waals surface area contributed by atoms with Crippen molar-refractivity contribution in [2.75, 3.05) is 18.6 Å². The highest BCUT2D eigenvalue weighted by Gasteiger charge is 2.52. The molecule has 0 aliphatic carbocycles. The Labute approximate surface area is 134 Å². The summed E-state index contributed by atoms with van der Waals surface area (Å²) < 4.78 is 10.3. The Bertz CT molecular complexity index is 668. The van der Waals surface area contributed by atoms with Crippen LogP contribution < -0.4 is 9.64 Å². The van der Waals surface area contributed by atoms with Crippen molar-refractivity contribution in [3.8, 4) is 11.9 Å². The van der Waals surface area contributed by atoms with Crippen LogP contribution in [-0.4, -0.2) is 36.1 Å². The summed E-state index contributed by atoms with van der Waals surface area (Å²) >= 11 is 0. The van der Waals surface area contributed by atoms with Gasteiger partial charge in [-0.05, 0) is 18.9 Å². The molecule has 7 heteroatoms. The lowest BCUT2D eigenvalue weighted by atomic mass is 9.89. The third-order valence-corrected chi connectivity index (χ3v) is 3.92. The van der Waals surface area contributed by atoms with Gasteiger partial charge in [0.1, 0.15) is 0 Å². The van der Waals surface area contributed by atoms with Gasteiger partial charge in [0.2, 0.25) is 11.8 Å². The Morgan fingerprint density at radius 1 is 1.52 bits per heavy atom. The number of aromatic nitrogens is 1. The summed E-state index contributed by atoms with van der Waals surface area (Å²) in [7, 11) is 1.50. The molecular weight excluding hydrogens is 298 g/mol. The summed E-state index contributed by atoms with van der Waals surface area (Å²) in [6.45, 7) is 3.30. The van der Waals surface area contributed by atoms with Gasteiger partial charge >= 0.3 is 5.97 Å². The maximum Gasteiger partial charge on any atom is 0.332 e. The van der Waals surface area contributed by atoms with Gasteiger partial charge in [0, 0.05) is 25.8 Å². The normalized spacial score (nSPS) is 19.0. The number of nitrogens with zero attached hydrogens (tertiary/aromatic N) is 3. The highest BCUT2D eigenvalue weighted by Crippen LogP contribution is 2.43. The van der Waals surface area contributed by atoms with E-state index in [-0.39, 0.29) is 31.8 Å². The molecule has 0 spiro atoms. The highest BCUT2D eigenvalue weighted by atomic mass is 16.5. The van der Waals surface area contributed by atoms with E-state index in [1.807, 2.05) is 6.07 Å². The summed E-state index contributed by atoms with van der Waals surface area (Å²) in [5.74, 6) is -0.380. The first-order valence-corrected chi connectivity index (χ1v) is 7.38. The molecule has 0 radical (unpaired) electrons. The smallest absolute Gasteiger partial charge is 0.332 e. The Morgan fingerprint density at radius 3 is 2.83 bits per heavy atom. The summed E-state index contributed by atoms with van der Waals surface area (Å²) in [6, 6.07) is 3.75. The van der Waals surface area contributed by atoms with E-state index in [1.165, 1.54) is 25.1 Å². The van der Waals surface area contributed by atoms with Crippen LogP contribution in [0.3, 0.4) is 0 Å². The molecule has 1 aliphatic rings. The Morgan fingerprint density at radius 2 is 2.26 bits per heavy atom. The molecular formula is C16H19N3O4. The number of rotatable bonds is 5. The van der Waals surface area contributed by atoms with Gasteiger partial charge in [0.05, 0.1) is 31.7 Å². The first kappa shape index (κ1) is 16.7. The largest absolute Gasteiger partial charge is 0.481 e. The average molecular weight is 317 g/mol. The van der Waals surface area contributed by atoms with Crippen LogP contribution in [0.5, 0.6) is 5.88 Å². The van der Waals surface area contributed by atoms with Crippen LogP contribution in [0.1, 0.15) is 32.3 Å². The van der Waals surface area contributed by atoms with Crippen LogP contribution in [0.4, 0.5) is 5.69 Å². The third-order valence-electron chi connectivity index (χ3n) is 3.92. The number of hydrogen-bond donors (Lipinski definition) is 0. The number of amides is 1. The second-order valence-corrected chi connectivity index (χ2v) is 5.30. The first-order chi connectivity index (χ1) is 11.0. The van der Waals surface area contributed by atoms with Crippen molar-refractivity contribution in [2.24, 2.45) is 0 Å². The fourth-order valence-electron chi connectivity index (χ4n) is 3.01. The van der Waals surface area contributed by atoms with E-state index in [9.17, 15) is 9.59 Å². The molecule has 1 unspecified atom stereocenters. The van der Waals surface area contributed by atoms with E-state index < -0.39 is 11.5 Å². The quantitative estimate of drug-likeness (QED) is 0.766. The minimum atomic E-state index is -1.20. The molecule has 0 bridgehead atoms. The summed E-state index contributed by atoms with van der Waals surface area (Å²) in [4.78, 5) is 30.4. The Hall–Kier alpha value is -2.62. The van der Waals surface area contributed by atoms with E-state index in [0.29, 0.717) is 11.6 Å². The van der Waals surface area contributed by atoms with Gasteiger partial charge < -0.3 is 9.47 Å². The van der Waals surface area contributed by atoms with E-state index in [1.54, 1.807) is 13.0 Å². The van der Waals surface area contributed by atoms with Crippen LogP contribution in [0, 0.1) is 11.3 Å². The van der Waals surface area contributed by atoms with Gasteiger partial charge in [-0.2, -0.15) is 5.26 Å². The van der Waals surface area contributed by atoms with Gasteiger partial charge in [-0.25, -0.2) is 9.78 Å². The highest BCUT2D eigenvalue weighted by molar-refractivity contribution is 6.04. The van der Waals surface area contributed by atoms with Crippen LogP contribution in [-0.2, 0) is 20.7 Å². The average Bonchev–Trinajstić information content (AvgIpc) is 2.87. The van der Waals surface area contributed by atoms with Crippen molar-refractivity contribution in [2.45, 2.75) is 38.6 Å². The number of methoxy groups -OCH3 is 1. The van der Waals surface area contributed by atoms with Crippen LogP contribution in [0.2, 0.25) is 0 Å². The van der Waals surface area contributed by atoms with E-state index >= 15 is 0 Å². The monoisotopic (exact) mass is 317 g/mol. The number of carbonyl (C=O) groups is 2. The second-order valence-electron chi connectivity index (χ2n) is 5.30. The Kier molecular flexibility index (Phi) is 4.84. The van der Waals surface area contributed by atoms with Gasteiger partial charge in [-0.1, -0.05) is 0 Å². The number of esters is 1. The van der Waals surface area contributed by atoms with Crippen molar-refractivity contribution in [3.63, 3.8) is 0 Å². The maximum atomic E-state index is 12.6. The lowest BCUT2D eigenvalue weighted by Gasteiger charge is -2.35. The van der Waals surface area contributed by atoms with Gasteiger partial charge in [-0.15, -0.1) is 0 Å². The molecule has 0 saturated carbocycles. The molecule has 0 aromatic carbocycles.